The number of amides is 1. The molecular formula is C22H21NO6. The molecule has 1 heterocycles. The zero-order valence-corrected chi connectivity index (χ0v) is 15.9. The van der Waals surface area contributed by atoms with Crippen LogP contribution in [0.15, 0.2) is 71.1 Å². The maximum atomic E-state index is 12.1. The van der Waals surface area contributed by atoms with E-state index in [2.05, 4.69) is 5.32 Å². The number of hydrogen-bond donors (Lipinski definition) is 1. The van der Waals surface area contributed by atoms with Crippen LogP contribution in [0.2, 0.25) is 0 Å². The highest BCUT2D eigenvalue weighted by atomic mass is 16.6. The second-order valence-corrected chi connectivity index (χ2v) is 5.92. The van der Waals surface area contributed by atoms with Gasteiger partial charge in [-0.05, 0) is 43.3 Å². The Morgan fingerprint density at radius 3 is 2.48 bits per heavy atom. The van der Waals surface area contributed by atoms with E-state index in [1.54, 1.807) is 30.3 Å². The van der Waals surface area contributed by atoms with E-state index in [1.165, 1.54) is 6.07 Å². The highest BCUT2D eigenvalue weighted by molar-refractivity contribution is 5.95. The summed E-state index contributed by atoms with van der Waals surface area (Å²) in [6.07, 6.45) is 0. The number of anilines is 1. The first kappa shape index (κ1) is 20.0. The molecule has 2 aromatic carbocycles. The maximum absolute atomic E-state index is 12.1. The van der Waals surface area contributed by atoms with Gasteiger partial charge in [0.1, 0.15) is 23.9 Å². The van der Waals surface area contributed by atoms with E-state index < -0.39 is 18.5 Å². The van der Waals surface area contributed by atoms with Gasteiger partial charge in [-0.25, -0.2) is 4.79 Å². The zero-order valence-electron chi connectivity index (χ0n) is 15.9. The summed E-state index contributed by atoms with van der Waals surface area (Å²) < 4.78 is 21.4. The third-order valence-electron chi connectivity index (χ3n) is 3.78. The number of carbonyl (C=O) groups is 2. The van der Waals surface area contributed by atoms with Crippen molar-refractivity contribution in [3.8, 4) is 11.5 Å². The van der Waals surface area contributed by atoms with Gasteiger partial charge in [-0.3, -0.25) is 4.79 Å². The number of carbonyl (C=O) groups excluding carboxylic acids is 2. The minimum Gasteiger partial charge on any atom is -0.492 e. The lowest BCUT2D eigenvalue weighted by atomic mass is 10.3. The van der Waals surface area contributed by atoms with Crippen molar-refractivity contribution in [2.24, 2.45) is 0 Å². The molecule has 1 N–H and O–H groups in total. The molecule has 3 rings (SSSR count). The Labute approximate surface area is 168 Å². The lowest BCUT2D eigenvalue weighted by molar-refractivity contribution is -0.119. The largest absolute Gasteiger partial charge is 0.492 e. The number of para-hydroxylation sites is 3. The molecule has 0 radical (unpaired) electrons. The fourth-order valence-electron chi connectivity index (χ4n) is 2.48. The molecule has 0 unspecified atom stereocenters. The summed E-state index contributed by atoms with van der Waals surface area (Å²) in [5.41, 5.74) is 0.508. The standard InChI is InChI=1S/C22H21NO6/c1-2-26-19-11-7-6-10-18(19)23-21(24)15-28-22(25)20-13-12-17(29-20)14-27-16-8-4-3-5-9-16/h3-13H,2,14-15H2,1H3,(H,23,24). The SMILES string of the molecule is CCOc1ccccc1NC(=O)COC(=O)c1ccc(COc2ccccc2)o1. The number of ether oxygens (including phenoxy) is 3. The first-order valence-corrected chi connectivity index (χ1v) is 9.11. The van der Waals surface area contributed by atoms with Gasteiger partial charge in [-0.2, -0.15) is 0 Å². The molecule has 0 saturated heterocycles. The van der Waals surface area contributed by atoms with Gasteiger partial charge in [0, 0.05) is 0 Å². The summed E-state index contributed by atoms with van der Waals surface area (Å²) in [5, 5.41) is 2.65. The van der Waals surface area contributed by atoms with Crippen LogP contribution in [-0.4, -0.2) is 25.1 Å². The van der Waals surface area contributed by atoms with Crippen molar-refractivity contribution < 1.29 is 28.2 Å². The molecule has 3 aromatic rings. The first-order chi connectivity index (χ1) is 14.2. The number of benzene rings is 2. The van der Waals surface area contributed by atoms with Crippen LogP contribution in [-0.2, 0) is 16.1 Å². The molecule has 1 amide bonds. The molecule has 0 aliphatic rings. The number of esters is 1. The van der Waals surface area contributed by atoms with E-state index >= 15 is 0 Å². The molecule has 0 bridgehead atoms. The van der Waals surface area contributed by atoms with E-state index in [-0.39, 0.29) is 12.4 Å². The Balaban J connectivity index is 1.48. The average molecular weight is 395 g/mol. The zero-order chi connectivity index (χ0) is 20.5. The van der Waals surface area contributed by atoms with Gasteiger partial charge >= 0.3 is 5.97 Å². The summed E-state index contributed by atoms with van der Waals surface area (Å²) in [5.74, 6) is 0.491. The van der Waals surface area contributed by atoms with Crippen LogP contribution < -0.4 is 14.8 Å². The summed E-state index contributed by atoms with van der Waals surface area (Å²) in [6.45, 7) is 2.04. The molecule has 7 heteroatoms. The van der Waals surface area contributed by atoms with Crippen LogP contribution in [0.4, 0.5) is 5.69 Å². The molecule has 0 aliphatic carbocycles. The summed E-state index contributed by atoms with van der Waals surface area (Å²) in [4.78, 5) is 24.2. The third kappa shape index (κ3) is 5.87. The number of furan rings is 1. The molecule has 0 spiro atoms. The van der Waals surface area contributed by atoms with E-state index in [9.17, 15) is 9.59 Å². The van der Waals surface area contributed by atoms with Crippen molar-refractivity contribution in [1.82, 2.24) is 0 Å². The molecular weight excluding hydrogens is 374 g/mol. The smallest absolute Gasteiger partial charge is 0.374 e. The lowest BCUT2D eigenvalue weighted by Crippen LogP contribution is -2.21. The molecule has 150 valence electrons. The second kappa shape index (κ2) is 9.98. The maximum Gasteiger partial charge on any atom is 0.374 e. The quantitative estimate of drug-likeness (QED) is 0.550. The topological polar surface area (TPSA) is 87.0 Å². The monoisotopic (exact) mass is 395 g/mol. The highest BCUT2D eigenvalue weighted by Crippen LogP contribution is 2.23. The minimum atomic E-state index is -0.732. The van der Waals surface area contributed by atoms with Crippen LogP contribution >= 0.6 is 0 Å². The molecule has 1 aromatic heterocycles. The second-order valence-electron chi connectivity index (χ2n) is 5.92. The Kier molecular flexibility index (Phi) is 6.89. The predicted octanol–water partition coefficient (Wildman–Crippen LogP) is 4.05. The summed E-state index contributed by atoms with van der Waals surface area (Å²) >= 11 is 0. The Morgan fingerprint density at radius 2 is 1.69 bits per heavy atom. The van der Waals surface area contributed by atoms with Crippen molar-refractivity contribution >= 4 is 17.6 Å². The number of nitrogens with one attached hydrogen (secondary N) is 1. The lowest BCUT2D eigenvalue weighted by Gasteiger charge is -2.11. The first-order valence-electron chi connectivity index (χ1n) is 9.11. The number of hydrogen-bond acceptors (Lipinski definition) is 6. The van der Waals surface area contributed by atoms with Gasteiger partial charge < -0.3 is 23.9 Å². The average Bonchev–Trinajstić information content (AvgIpc) is 3.22. The van der Waals surface area contributed by atoms with Gasteiger partial charge in [-0.15, -0.1) is 0 Å². The van der Waals surface area contributed by atoms with Crippen molar-refractivity contribution in [3.63, 3.8) is 0 Å². The summed E-state index contributed by atoms with van der Waals surface area (Å²) in [6, 6.07) is 19.4. The van der Waals surface area contributed by atoms with Crippen molar-refractivity contribution in [3.05, 3.63) is 78.3 Å². The van der Waals surface area contributed by atoms with Gasteiger partial charge in [-0.1, -0.05) is 30.3 Å². The Hall–Kier alpha value is -3.74. The molecule has 7 nitrogen and oxygen atoms in total. The number of rotatable bonds is 9. The van der Waals surface area contributed by atoms with Gasteiger partial charge in [0.25, 0.3) is 5.91 Å². The summed E-state index contributed by atoms with van der Waals surface area (Å²) in [7, 11) is 0. The van der Waals surface area contributed by atoms with Crippen LogP contribution in [0.1, 0.15) is 23.2 Å². The van der Waals surface area contributed by atoms with E-state index in [4.69, 9.17) is 18.6 Å². The van der Waals surface area contributed by atoms with E-state index in [0.29, 0.717) is 29.6 Å². The van der Waals surface area contributed by atoms with Crippen LogP contribution in [0.5, 0.6) is 11.5 Å². The predicted molar refractivity (Wildman–Crippen MR) is 106 cm³/mol. The fourth-order valence-corrected chi connectivity index (χ4v) is 2.48. The van der Waals surface area contributed by atoms with E-state index in [0.717, 1.165) is 0 Å². The van der Waals surface area contributed by atoms with Crippen molar-refractivity contribution in [1.29, 1.82) is 0 Å². The van der Waals surface area contributed by atoms with Gasteiger partial charge in [0.15, 0.2) is 6.61 Å². The highest BCUT2D eigenvalue weighted by Gasteiger charge is 2.16. The normalized spacial score (nSPS) is 10.2. The fraction of sp³-hybridized carbons (Fsp3) is 0.182. The molecule has 29 heavy (non-hydrogen) atoms. The van der Waals surface area contributed by atoms with E-state index in [1.807, 2.05) is 37.3 Å². The Bertz CT molecular complexity index is 951. The Morgan fingerprint density at radius 1 is 0.931 bits per heavy atom. The third-order valence-corrected chi connectivity index (χ3v) is 3.78. The van der Waals surface area contributed by atoms with Crippen LogP contribution in [0, 0.1) is 0 Å². The van der Waals surface area contributed by atoms with Gasteiger partial charge in [0.2, 0.25) is 5.76 Å². The minimum absolute atomic E-state index is 0.000761. The van der Waals surface area contributed by atoms with Crippen molar-refractivity contribution in [2.45, 2.75) is 13.5 Å². The molecule has 0 aliphatic heterocycles. The van der Waals surface area contributed by atoms with Crippen LogP contribution in [0.25, 0.3) is 0 Å². The van der Waals surface area contributed by atoms with Crippen molar-refractivity contribution in [2.75, 3.05) is 18.5 Å². The molecule has 0 saturated carbocycles. The van der Waals surface area contributed by atoms with Crippen LogP contribution in [0.3, 0.4) is 0 Å². The molecule has 0 fully saturated rings. The van der Waals surface area contributed by atoms with Gasteiger partial charge in [0.05, 0.1) is 12.3 Å². The molecule has 0 atom stereocenters.